The first kappa shape index (κ1) is 23.3. The van der Waals surface area contributed by atoms with Crippen LogP contribution in [0.3, 0.4) is 0 Å². The van der Waals surface area contributed by atoms with Crippen molar-refractivity contribution in [2.45, 2.75) is 31.9 Å². The van der Waals surface area contributed by atoms with Crippen LogP contribution in [0.15, 0.2) is 71.2 Å². The maximum Gasteiger partial charge on any atom is 0.323 e. The number of amides is 1. The summed E-state index contributed by atoms with van der Waals surface area (Å²) in [5.74, 6) is -0.663. The molecule has 33 heavy (non-hydrogen) atoms. The molecule has 1 aliphatic rings. The minimum atomic E-state index is -1.07. The van der Waals surface area contributed by atoms with Crippen LogP contribution >= 0.6 is 27.5 Å². The molecule has 0 bridgehead atoms. The van der Waals surface area contributed by atoms with Gasteiger partial charge in [-0.3, -0.25) is 9.59 Å². The van der Waals surface area contributed by atoms with Crippen LogP contribution < -0.4 is 4.74 Å². The Kier molecular flexibility index (Phi) is 6.77. The average Bonchev–Trinajstić information content (AvgIpc) is 3.09. The smallest absolute Gasteiger partial charge is 0.323 e. The van der Waals surface area contributed by atoms with Crippen LogP contribution in [-0.2, 0) is 24.2 Å². The van der Waals surface area contributed by atoms with E-state index in [-0.39, 0.29) is 12.5 Å². The van der Waals surface area contributed by atoms with E-state index in [2.05, 4.69) is 35.0 Å². The van der Waals surface area contributed by atoms with Gasteiger partial charge in [0.2, 0.25) is 0 Å². The van der Waals surface area contributed by atoms with Crippen molar-refractivity contribution < 1.29 is 19.4 Å². The van der Waals surface area contributed by atoms with E-state index in [0.29, 0.717) is 17.0 Å². The molecule has 0 saturated carbocycles. The quantitative estimate of drug-likeness (QED) is 0.423. The number of hydrogen-bond donors (Lipinski definition) is 1. The predicted molar refractivity (Wildman–Crippen MR) is 131 cm³/mol. The number of rotatable bonds is 7. The SMILES string of the molecule is C[C@]1(Cc2ccc(Br)cc2)Cc2cc(C(=O)N(CC(=O)O)Cc3cccc(Cl)c3)ccc2O1. The van der Waals surface area contributed by atoms with Gasteiger partial charge in [0.1, 0.15) is 17.9 Å². The van der Waals surface area contributed by atoms with Crippen molar-refractivity contribution >= 4 is 39.4 Å². The van der Waals surface area contributed by atoms with E-state index in [0.717, 1.165) is 27.8 Å². The molecule has 0 spiro atoms. The molecule has 0 aromatic heterocycles. The normalized spacial score (nSPS) is 16.7. The number of fused-ring (bicyclic) bond motifs is 1. The summed E-state index contributed by atoms with van der Waals surface area (Å²) in [6, 6.07) is 20.5. The standard InChI is InChI=1S/C26H23BrClNO4/c1-26(13-17-5-8-21(27)9-6-17)14-20-12-19(7-10-23(20)33-26)25(32)29(16-24(30)31)15-18-3-2-4-22(28)11-18/h2-12H,13-16H2,1H3,(H,30,31)/t26-/m0/s1. The Bertz CT molecular complexity index is 1200. The Morgan fingerprint density at radius 2 is 1.85 bits per heavy atom. The zero-order chi connectivity index (χ0) is 23.6. The molecule has 5 nitrogen and oxygen atoms in total. The van der Waals surface area contributed by atoms with Gasteiger partial charge >= 0.3 is 5.97 Å². The maximum atomic E-state index is 13.2. The van der Waals surface area contributed by atoms with Gasteiger partial charge in [-0.2, -0.15) is 0 Å². The summed E-state index contributed by atoms with van der Waals surface area (Å²) in [4.78, 5) is 26.0. The number of carbonyl (C=O) groups excluding carboxylic acids is 1. The van der Waals surface area contributed by atoms with Crippen LogP contribution in [-0.4, -0.2) is 34.0 Å². The van der Waals surface area contributed by atoms with Crippen LogP contribution in [0.2, 0.25) is 5.02 Å². The zero-order valence-electron chi connectivity index (χ0n) is 18.1. The van der Waals surface area contributed by atoms with E-state index in [1.807, 2.05) is 24.3 Å². The van der Waals surface area contributed by atoms with Crippen molar-refractivity contribution in [2.24, 2.45) is 0 Å². The van der Waals surface area contributed by atoms with E-state index in [4.69, 9.17) is 16.3 Å². The molecule has 0 radical (unpaired) electrons. The molecule has 1 heterocycles. The Morgan fingerprint density at radius 1 is 1.09 bits per heavy atom. The minimum Gasteiger partial charge on any atom is -0.487 e. The monoisotopic (exact) mass is 527 g/mol. The molecular formula is C26H23BrClNO4. The molecule has 0 aliphatic carbocycles. The number of ether oxygens (including phenoxy) is 1. The van der Waals surface area contributed by atoms with E-state index in [1.54, 1.807) is 30.3 Å². The largest absolute Gasteiger partial charge is 0.487 e. The van der Waals surface area contributed by atoms with Crippen molar-refractivity contribution in [3.8, 4) is 5.75 Å². The highest BCUT2D eigenvalue weighted by Crippen LogP contribution is 2.38. The fraction of sp³-hybridized carbons (Fsp3) is 0.231. The van der Waals surface area contributed by atoms with Crippen LogP contribution in [0.4, 0.5) is 0 Å². The van der Waals surface area contributed by atoms with Crippen LogP contribution in [0.5, 0.6) is 5.75 Å². The number of nitrogens with zero attached hydrogens (tertiary/aromatic N) is 1. The molecule has 4 rings (SSSR count). The highest BCUT2D eigenvalue weighted by Gasteiger charge is 2.35. The van der Waals surface area contributed by atoms with Crippen molar-refractivity contribution in [1.82, 2.24) is 4.90 Å². The summed E-state index contributed by atoms with van der Waals surface area (Å²) in [7, 11) is 0. The molecule has 3 aromatic carbocycles. The Morgan fingerprint density at radius 3 is 2.55 bits per heavy atom. The molecular weight excluding hydrogens is 506 g/mol. The number of carboxylic acids is 1. The summed E-state index contributed by atoms with van der Waals surface area (Å²) in [6.07, 6.45) is 1.39. The number of carbonyl (C=O) groups is 2. The molecule has 7 heteroatoms. The summed E-state index contributed by atoms with van der Waals surface area (Å²) < 4.78 is 7.28. The fourth-order valence-electron chi connectivity index (χ4n) is 4.19. The van der Waals surface area contributed by atoms with Crippen molar-refractivity contribution in [3.63, 3.8) is 0 Å². The second-order valence-electron chi connectivity index (χ2n) is 8.54. The number of benzene rings is 3. The maximum absolute atomic E-state index is 13.2. The van der Waals surface area contributed by atoms with Gasteiger partial charge in [0.25, 0.3) is 5.91 Å². The second kappa shape index (κ2) is 9.57. The lowest BCUT2D eigenvalue weighted by molar-refractivity contribution is -0.137. The lowest BCUT2D eigenvalue weighted by Gasteiger charge is -2.24. The van der Waals surface area contributed by atoms with Gasteiger partial charge in [0.15, 0.2) is 0 Å². The van der Waals surface area contributed by atoms with Gasteiger partial charge < -0.3 is 14.7 Å². The van der Waals surface area contributed by atoms with Gasteiger partial charge in [0.05, 0.1) is 0 Å². The summed E-state index contributed by atoms with van der Waals surface area (Å²) in [5.41, 5.74) is 2.90. The number of carboxylic acid groups (broad SMARTS) is 1. The highest BCUT2D eigenvalue weighted by molar-refractivity contribution is 9.10. The van der Waals surface area contributed by atoms with Crippen molar-refractivity contribution in [1.29, 1.82) is 0 Å². The van der Waals surface area contributed by atoms with Crippen LogP contribution in [0, 0.1) is 0 Å². The van der Waals surface area contributed by atoms with Gasteiger partial charge in [-0.25, -0.2) is 0 Å². The molecule has 1 atom stereocenters. The molecule has 1 amide bonds. The van der Waals surface area contributed by atoms with Gasteiger partial charge in [-0.15, -0.1) is 0 Å². The third-order valence-corrected chi connectivity index (χ3v) is 6.36. The second-order valence-corrected chi connectivity index (χ2v) is 9.89. The third-order valence-electron chi connectivity index (χ3n) is 5.60. The number of hydrogen-bond acceptors (Lipinski definition) is 3. The van der Waals surface area contributed by atoms with E-state index in [1.165, 1.54) is 10.5 Å². The Labute approximate surface area is 206 Å². The van der Waals surface area contributed by atoms with Crippen LogP contribution in [0.25, 0.3) is 0 Å². The van der Waals surface area contributed by atoms with Gasteiger partial charge in [0, 0.05) is 34.4 Å². The molecule has 1 aliphatic heterocycles. The zero-order valence-corrected chi connectivity index (χ0v) is 20.4. The average molecular weight is 529 g/mol. The first-order valence-electron chi connectivity index (χ1n) is 10.5. The molecule has 3 aromatic rings. The van der Waals surface area contributed by atoms with E-state index < -0.39 is 18.1 Å². The summed E-state index contributed by atoms with van der Waals surface area (Å²) in [6.45, 7) is 1.81. The molecule has 0 saturated heterocycles. The lowest BCUT2D eigenvalue weighted by atomic mass is 9.91. The number of aliphatic carboxylic acids is 1. The molecule has 0 fully saturated rings. The fourth-order valence-corrected chi connectivity index (χ4v) is 4.67. The van der Waals surface area contributed by atoms with Crippen molar-refractivity contribution in [3.05, 3.63) is 98.5 Å². The summed E-state index contributed by atoms with van der Waals surface area (Å²) >= 11 is 9.51. The number of halogens is 2. The third kappa shape index (κ3) is 5.75. The molecule has 0 unspecified atom stereocenters. The highest BCUT2D eigenvalue weighted by atomic mass is 79.9. The van der Waals surface area contributed by atoms with E-state index in [9.17, 15) is 14.7 Å². The Balaban J connectivity index is 1.53. The topological polar surface area (TPSA) is 66.8 Å². The van der Waals surface area contributed by atoms with Crippen molar-refractivity contribution in [2.75, 3.05) is 6.54 Å². The Hall–Kier alpha value is -2.83. The van der Waals surface area contributed by atoms with Gasteiger partial charge in [-0.1, -0.05) is 51.8 Å². The van der Waals surface area contributed by atoms with Gasteiger partial charge in [-0.05, 0) is 66.1 Å². The van der Waals surface area contributed by atoms with E-state index >= 15 is 0 Å². The van der Waals surface area contributed by atoms with Crippen LogP contribution in [0.1, 0.15) is 34.0 Å². The lowest BCUT2D eigenvalue weighted by Crippen LogP contribution is -2.35. The minimum absolute atomic E-state index is 0.153. The molecule has 170 valence electrons. The predicted octanol–water partition coefficient (Wildman–Crippen LogP) is 5.77. The first-order chi connectivity index (χ1) is 15.7. The molecule has 1 N–H and O–H groups in total. The first-order valence-corrected chi connectivity index (χ1v) is 11.7. The summed E-state index contributed by atoms with van der Waals surface area (Å²) in [5, 5.41) is 9.89.